The fourth-order valence-corrected chi connectivity index (χ4v) is 1.75. The minimum atomic E-state index is 0.0433. The average molecular weight is 308 g/mol. The minimum Gasteiger partial charge on any atom is -0.394 e. The molecular weight excluding hydrogens is 276 g/mol. The first-order chi connectivity index (χ1) is 10.3. The van der Waals surface area contributed by atoms with Crippen molar-refractivity contribution in [2.24, 2.45) is 11.8 Å². The van der Waals surface area contributed by atoms with Crippen LogP contribution in [0.3, 0.4) is 0 Å². The first-order valence-electron chi connectivity index (χ1n) is 7.78. The summed E-state index contributed by atoms with van der Waals surface area (Å²) in [5.74, 6) is 0.882. The lowest BCUT2D eigenvalue weighted by molar-refractivity contribution is -0.0213. The Balaban J connectivity index is 3.67. The van der Waals surface area contributed by atoms with E-state index in [4.69, 9.17) is 29.2 Å². The molecule has 21 heavy (non-hydrogen) atoms. The number of hydrogen-bond donors (Lipinski definition) is 2. The van der Waals surface area contributed by atoms with Gasteiger partial charge in [-0.2, -0.15) is 0 Å². The second-order valence-electron chi connectivity index (χ2n) is 4.97. The predicted octanol–water partition coefficient (Wildman–Crippen LogP) is 0.700. The lowest BCUT2D eigenvalue weighted by Crippen LogP contribution is -2.25. The molecule has 0 aliphatic heterocycles. The summed E-state index contributed by atoms with van der Waals surface area (Å²) in [6.45, 7) is 8.53. The average Bonchev–Trinajstić information content (AvgIpc) is 2.51. The van der Waals surface area contributed by atoms with E-state index >= 15 is 0 Å². The number of hydrogen-bond acceptors (Lipinski definition) is 6. The number of aliphatic hydroxyl groups is 2. The molecule has 1 unspecified atom stereocenters. The number of ether oxygens (including phenoxy) is 4. The molecule has 0 aromatic rings. The van der Waals surface area contributed by atoms with Gasteiger partial charge < -0.3 is 29.2 Å². The van der Waals surface area contributed by atoms with E-state index < -0.39 is 0 Å². The van der Waals surface area contributed by atoms with Crippen molar-refractivity contribution < 1.29 is 29.2 Å². The van der Waals surface area contributed by atoms with E-state index in [0.717, 1.165) is 6.42 Å². The van der Waals surface area contributed by atoms with Crippen molar-refractivity contribution in [1.82, 2.24) is 0 Å². The third-order valence-corrected chi connectivity index (χ3v) is 3.33. The van der Waals surface area contributed by atoms with Crippen LogP contribution in [0.25, 0.3) is 0 Å². The summed E-state index contributed by atoms with van der Waals surface area (Å²) in [5.41, 5.74) is 0. The van der Waals surface area contributed by atoms with E-state index in [0.29, 0.717) is 64.7 Å². The maximum Gasteiger partial charge on any atom is 0.0701 e. The largest absolute Gasteiger partial charge is 0.394 e. The standard InChI is InChI=1S/C15H32O6/c1-3-14(2)15(12-20-10-8-18-6-4-16)13-21-11-9-19-7-5-17/h14-17H,3-13H2,1-2H3. The van der Waals surface area contributed by atoms with Gasteiger partial charge in [0.25, 0.3) is 0 Å². The van der Waals surface area contributed by atoms with E-state index in [-0.39, 0.29) is 13.2 Å². The first kappa shape index (κ1) is 20.8. The van der Waals surface area contributed by atoms with Crippen LogP contribution in [0.2, 0.25) is 0 Å². The molecule has 0 aliphatic carbocycles. The van der Waals surface area contributed by atoms with Crippen molar-refractivity contribution in [2.45, 2.75) is 20.3 Å². The molecular formula is C15H32O6. The van der Waals surface area contributed by atoms with E-state index in [1.807, 2.05) is 0 Å². The monoisotopic (exact) mass is 308 g/mol. The molecule has 0 rings (SSSR count). The Kier molecular flexibility index (Phi) is 16.0. The van der Waals surface area contributed by atoms with Gasteiger partial charge in [0, 0.05) is 5.92 Å². The van der Waals surface area contributed by atoms with Crippen molar-refractivity contribution >= 4 is 0 Å². The van der Waals surface area contributed by atoms with Crippen LogP contribution in [0.5, 0.6) is 0 Å². The molecule has 6 nitrogen and oxygen atoms in total. The Bertz CT molecular complexity index is 187. The van der Waals surface area contributed by atoms with Gasteiger partial charge in [0.1, 0.15) is 0 Å². The van der Waals surface area contributed by atoms with Crippen molar-refractivity contribution in [1.29, 1.82) is 0 Å². The van der Waals surface area contributed by atoms with Crippen LogP contribution in [0.15, 0.2) is 0 Å². The maximum atomic E-state index is 8.58. The zero-order valence-electron chi connectivity index (χ0n) is 13.5. The SMILES string of the molecule is CCC(C)C(COCCOCCO)COCCOCCO. The second-order valence-corrected chi connectivity index (χ2v) is 4.97. The summed E-state index contributed by atoms with van der Waals surface area (Å²) in [5, 5.41) is 17.2. The fourth-order valence-electron chi connectivity index (χ4n) is 1.75. The Morgan fingerprint density at radius 3 is 1.52 bits per heavy atom. The zero-order valence-corrected chi connectivity index (χ0v) is 13.5. The van der Waals surface area contributed by atoms with Crippen LogP contribution < -0.4 is 0 Å². The molecule has 0 saturated heterocycles. The normalized spacial score (nSPS) is 13.0. The summed E-state index contributed by atoms with van der Waals surface area (Å²) in [6.07, 6.45) is 1.08. The van der Waals surface area contributed by atoms with Gasteiger partial charge in [-0.15, -0.1) is 0 Å². The van der Waals surface area contributed by atoms with E-state index in [2.05, 4.69) is 13.8 Å². The molecule has 1 atom stereocenters. The molecule has 0 aliphatic rings. The molecule has 0 saturated carbocycles. The summed E-state index contributed by atoms with van der Waals surface area (Å²) in [7, 11) is 0. The lowest BCUT2D eigenvalue weighted by atomic mass is 9.93. The van der Waals surface area contributed by atoms with Gasteiger partial charge in [0.15, 0.2) is 0 Å². The minimum absolute atomic E-state index is 0.0433. The summed E-state index contributed by atoms with van der Waals surface area (Å²) in [4.78, 5) is 0. The molecule has 2 N–H and O–H groups in total. The van der Waals surface area contributed by atoms with Crippen LogP contribution in [0.1, 0.15) is 20.3 Å². The Morgan fingerprint density at radius 2 is 1.14 bits per heavy atom. The number of aliphatic hydroxyl groups excluding tert-OH is 2. The van der Waals surface area contributed by atoms with Crippen LogP contribution in [-0.2, 0) is 18.9 Å². The zero-order chi connectivity index (χ0) is 15.8. The van der Waals surface area contributed by atoms with Gasteiger partial charge >= 0.3 is 0 Å². The van der Waals surface area contributed by atoms with E-state index in [1.54, 1.807) is 0 Å². The van der Waals surface area contributed by atoms with Gasteiger partial charge in [-0.25, -0.2) is 0 Å². The maximum absolute atomic E-state index is 8.58. The van der Waals surface area contributed by atoms with Gasteiger partial charge in [0.2, 0.25) is 0 Å². The van der Waals surface area contributed by atoms with Gasteiger partial charge in [-0.3, -0.25) is 0 Å². The lowest BCUT2D eigenvalue weighted by Gasteiger charge is -2.23. The van der Waals surface area contributed by atoms with Crippen molar-refractivity contribution in [3.05, 3.63) is 0 Å². The van der Waals surface area contributed by atoms with E-state index in [9.17, 15) is 0 Å². The van der Waals surface area contributed by atoms with Gasteiger partial charge in [0.05, 0.1) is 66.1 Å². The molecule has 0 heterocycles. The highest BCUT2D eigenvalue weighted by Crippen LogP contribution is 2.16. The summed E-state index contributed by atoms with van der Waals surface area (Å²) in [6, 6.07) is 0. The van der Waals surface area contributed by atoms with Crippen LogP contribution >= 0.6 is 0 Å². The quantitative estimate of drug-likeness (QED) is 0.409. The highest BCUT2D eigenvalue weighted by atomic mass is 16.5. The number of rotatable bonds is 16. The smallest absolute Gasteiger partial charge is 0.0701 e. The van der Waals surface area contributed by atoms with Crippen molar-refractivity contribution in [3.8, 4) is 0 Å². The van der Waals surface area contributed by atoms with Crippen molar-refractivity contribution in [2.75, 3.05) is 66.1 Å². The molecule has 0 aromatic carbocycles. The fraction of sp³-hybridized carbons (Fsp3) is 1.00. The Labute approximate surface area is 128 Å². The van der Waals surface area contributed by atoms with Crippen LogP contribution in [0, 0.1) is 11.8 Å². The van der Waals surface area contributed by atoms with E-state index in [1.165, 1.54) is 0 Å². The Morgan fingerprint density at radius 1 is 0.714 bits per heavy atom. The molecule has 0 spiro atoms. The topological polar surface area (TPSA) is 77.4 Å². The molecule has 0 amide bonds. The highest BCUT2D eigenvalue weighted by molar-refractivity contribution is 4.64. The molecule has 0 fully saturated rings. The second kappa shape index (κ2) is 16.1. The summed E-state index contributed by atoms with van der Waals surface area (Å²) < 4.78 is 21.5. The predicted molar refractivity (Wildman–Crippen MR) is 80.4 cm³/mol. The van der Waals surface area contributed by atoms with Crippen LogP contribution in [-0.4, -0.2) is 76.3 Å². The molecule has 0 radical (unpaired) electrons. The molecule has 0 aromatic heterocycles. The van der Waals surface area contributed by atoms with Gasteiger partial charge in [-0.1, -0.05) is 20.3 Å². The summed E-state index contributed by atoms with van der Waals surface area (Å²) >= 11 is 0. The van der Waals surface area contributed by atoms with Gasteiger partial charge in [-0.05, 0) is 5.92 Å². The van der Waals surface area contributed by atoms with Crippen LogP contribution in [0.4, 0.5) is 0 Å². The Hall–Kier alpha value is -0.240. The third-order valence-electron chi connectivity index (χ3n) is 3.33. The highest BCUT2D eigenvalue weighted by Gasteiger charge is 2.16. The molecule has 128 valence electrons. The first-order valence-corrected chi connectivity index (χ1v) is 7.78. The van der Waals surface area contributed by atoms with Crippen molar-refractivity contribution in [3.63, 3.8) is 0 Å². The third kappa shape index (κ3) is 13.2. The molecule has 0 bridgehead atoms. The molecule has 6 heteroatoms.